The van der Waals surface area contributed by atoms with E-state index in [-0.39, 0.29) is 11.8 Å². The number of amides is 2. The van der Waals surface area contributed by atoms with E-state index in [2.05, 4.69) is 10.6 Å². The first-order valence-electron chi connectivity index (χ1n) is 9.51. The first-order chi connectivity index (χ1) is 14.6. The van der Waals surface area contributed by atoms with Crippen LogP contribution in [0.5, 0.6) is 0 Å². The van der Waals surface area contributed by atoms with Crippen LogP contribution >= 0.6 is 23.4 Å². The molecule has 0 bridgehead atoms. The molecule has 30 heavy (non-hydrogen) atoms. The summed E-state index contributed by atoms with van der Waals surface area (Å²) in [6, 6.07) is 22.5. The van der Waals surface area contributed by atoms with Gasteiger partial charge in [-0.3, -0.25) is 9.59 Å². The number of thioether (sulfide) groups is 1. The minimum atomic E-state index is -0.123. The Morgan fingerprint density at radius 1 is 1.00 bits per heavy atom. The Morgan fingerprint density at radius 3 is 2.50 bits per heavy atom. The monoisotopic (exact) mass is 434 g/mol. The van der Waals surface area contributed by atoms with Gasteiger partial charge >= 0.3 is 0 Å². The molecular formula is C24H19ClN2O2S. The number of benzene rings is 3. The Kier molecular flexibility index (Phi) is 6.21. The zero-order valence-corrected chi connectivity index (χ0v) is 17.6. The quantitative estimate of drug-likeness (QED) is 0.529. The number of hydrogen-bond donors (Lipinski definition) is 2. The van der Waals surface area contributed by atoms with Gasteiger partial charge in [0, 0.05) is 22.0 Å². The lowest BCUT2D eigenvalue weighted by atomic mass is 10.1. The molecule has 0 fully saturated rings. The van der Waals surface area contributed by atoms with Crippen LogP contribution < -0.4 is 10.6 Å². The predicted octanol–water partition coefficient (Wildman–Crippen LogP) is 5.40. The summed E-state index contributed by atoms with van der Waals surface area (Å²) < 4.78 is 0. The van der Waals surface area contributed by atoms with Crippen molar-refractivity contribution in [1.29, 1.82) is 0 Å². The van der Waals surface area contributed by atoms with E-state index >= 15 is 0 Å². The molecule has 3 aromatic carbocycles. The number of halogens is 1. The van der Waals surface area contributed by atoms with E-state index < -0.39 is 0 Å². The van der Waals surface area contributed by atoms with Gasteiger partial charge < -0.3 is 10.6 Å². The number of carbonyl (C=O) groups excluding carboxylic acids is 2. The van der Waals surface area contributed by atoms with Crippen LogP contribution in [0.25, 0.3) is 6.08 Å². The highest BCUT2D eigenvalue weighted by molar-refractivity contribution is 8.04. The standard InChI is InChI=1S/C24H19ClN2O2S/c25-19-11-7-16(8-12-19)13-14-26-23(28)18-9-5-17(6-10-18)15-22-24(29)27-20-3-1-2-4-21(20)30-22/h1-12,15H,13-14H2,(H,26,28)(H,27,29)/b22-15+. The zero-order chi connectivity index (χ0) is 20.9. The van der Waals surface area contributed by atoms with Crippen molar-refractivity contribution in [3.63, 3.8) is 0 Å². The summed E-state index contributed by atoms with van der Waals surface area (Å²) in [5.41, 5.74) is 3.39. The third-order valence-electron chi connectivity index (χ3n) is 4.66. The van der Waals surface area contributed by atoms with Crippen molar-refractivity contribution < 1.29 is 9.59 Å². The second kappa shape index (κ2) is 9.20. The smallest absolute Gasteiger partial charge is 0.262 e. The number of fused-ring (bicyclic) bond motifs is 1. The van der Waals surface area contributed by atoms with Crippen LogP contribution in [0.15, 0.2) is 82.6 Å². The van der Waals surface area contributed by atoms with Crippen LogP contribution in [0.1, 0.15) is 21.5 Å². The number of anilines is 1. The van der Waals surface area contributed by atoms with E-state index in [1.54, 1.807) is 12.1 Å². The molecule has 1 heterocycles. The molecule has 6 heteroatoms. The van der Waals surface area contributed by atoms with Crippen molar-refractivity contribution in [2.24, 2.45) is 0 Å². The topological polar surface area (TPSA) is 58.2 Å². The van der Waals surface area contributed by atoms with E-state index in [1.807, 2.05) is 66.7 Å². The SMILES string of the molecule is O=C1Nc2ccccc2S/C1=C/c1ccc(C(=O)NCCc2ccc(Cl)cc2)cc1. The minimum absolute atomic E-state index is 0.122. The Balaban J connectivity index is 1.36. The van der Waals surface area contributed by atoms with Gasteiger partial charge in [0.1, 0.15) is 0 Å². The Morgan fingerprint density at radius 2 is 1.73 bits per heavy atom. The fourth-order valence-corrected chi connectivity index (χ4v) is 4.14. The lowest BCUT2D eigenvalue weighted by molar-refractivity contribution is -0.112. The molecule has 3 aromatic rings. The maximum atomic E-state index is 12.4. The maximum absolute atomic E-state index is 12.4. The molecular weight excluding hydrogens is 416 g/mol. The van der Waals surface area contributed by atoms with Crippen LogP contribution in [-0.2, 0) is 11.2 Å². The fraction of sp³-hybridized carbons (Fsp3) is 0.0833. The Bertz CT molecular complexity index is 1110. The molecule has 0 aliphatic carbocycles. The van der Waals surface area contributed by atoms with Gasteiger partial charge in [0.05, 0.1) is 10.6 Å². The largest absolute Gasteiger partial charge is 0.352 e. The number of para-hydroxylation sites is 1. The highest BCUT2D eigenvalue weighted by Gasteiger charge is 2.20. The third kappa shape index (κ3) is 4.93. The molecule has 0 aromatic heterocycles. The molecule has 0 saturated carbocycles. The maximum Gasteiger partial charge on any atom is 0.262 e. The van der Waals surface area contributed by atoms with Crippen LogP contribution in [-0.4, -0.2) is 18.4 Å². The molecule has 0 unspecified atom stereocenters. The summed E-state index contributed by atoms with van der Waals surface area (Å²) in [4.78, 5) is 26.3. The van der Waals surface area contributed by atoms with E-state index in [0.717, 1.165) is 28.1 Å². The first kappa shape index (κ1) is 20.3. The van der Waals surface area contributed by atoms with Crippen LogP contribution in [0.2, 0.25) is 5.02 Å². The summed E-state index contributed by atoms with van der Waals surface area (Å²) in [7, 11) is 0. The van der Waals surface area contributed by atoms with Crippen LogP contribution in [0.4, 0.5) is 5.69 Å². The van der Waals surface area contributed by atoms with Gasteiger partial charge in [0.2, 0.25) is 0 Å². The first-order valence-corrected chi connectivity index (χ1v) is 10.7. The summed E-state index contributed by atoms with van der Waals surface area (Å²) in [5, 5.41) is 6.53. The van der Waals surface area contributed by atoms with Crippen molar-refractivity contribution >= 4 is 46.9 Å². The molecule has 0 atom stereocenters. The number of carbonyl (C=O) groups is 2. The molecule has 2 amide bonds. The second-order valence-electron chi connectivity index (χ2n) is 6.82. The summed E-state index contributed by atoms with van der Waals surface area (Å²) >= 11 is 7.33. The Hall–Kier alpha value is -3.02. The van der Waals surface area contributed by atoms with Gasteiger partial charge in [-0.25, -0.2) is 0 Å². The highest BCUT2D eigenvalue weighted by atomic mass is 35.5. The predicted molar refractivity (Wildman–Crippen MR) is 123 cm³/mol. The van der Waals surface area contributed by atoms with Crippen molar-refractivity contribution in [3.8, 4) is 0 Å². The van der Waals surface area contributed by atoms with E-state index in [4.69, 9.17) is 11.6 Å². The molecule has 0 saturated heterocycles. The molecule has 1 aliphatic rings. The van der Waals surface area contributed by atoms with Gasteiger partial charge in [-0.1, -0.05) is 59.8 Å². The second-order valence-corrected chi connectivity index (χ2v) is 8.34. The normalized spacial score (nSPS) is 14.2. The Labute approximate surface area is 184 Å². The molecule has 0 radical (unpaired) electrons. The average Bonchev–Trinajstić information content (AvgIpc) is 2.76. The van der Waals surface area contributed by atoms with Gasteiger partial charge in [0.25, 0.3) is 11.8 Å². The third-order valence-corrected chi connectivity index (χ3v) is 6.01. The number of rotatable bonds is 5. The van der Waals surface area contributed by atoms with Crippen molar-refractivity contribution in [2.45, 2.75) is 11.3 Å². The molecule has 4 rings (SSSR count). The molecule has 150 valence electrons. The lowest BCUT2D eigenvalue weighted by Crippen LogP contribution is -2.25. The molecule has 1 aliphatic heterocycles. The van der Waals surface area contributed by atoms with Crippen molar-refractivity contribution in [1.82, 2.24) is 5.32 Å². The van der Waals surface area contributed by atoms with Gasteiger partial charge in [-0.2, -0.15) is 0 Å². The van der Waals surface area contributed by atoms with Gasteiger partial charge in [-0.05, 0) is 60.0 Å². The number of hydrogen-bond acceptors (Lipinski definition) is 3. The molecule has 0 spiro atoms. The molecule has 2 N–H and O–H groups in total. The fourth-order valence-electron chi connectivity index (χ4n) is 3.06. The van der Waals surface area contributed by atoms with Gasteiger partial charge in [0.15, 0.2) is 0 Å². The van der Waals surface area contributed by atoms with Crippen molar-refractivity contribution in [3.05, 3.63) is 99.4 Å². The van der Waals surface area contributed by atoms with E-state index in [1.165, 1.54) is 11.8 Å². The number of nitrogens with one attached hydrogen (secondary N) is 2. The summed E-state index contributed by atoms with van der Waals surface area (Å²) in [6.45, 7) is 0.544. The average molecular weight is 435 g/mol. The van der Waals surface area contributed by atoms with Gasteiger partial charge in [-0.15, -0.1) is 0 Å². The summed E-state index contributed by atoms with van der Waals surface area (Å²) in [5.74, 6) is -0.246. The zero-order valence-electron chi connectivity index (χ0n) is 16.0. The summed E-state index contributed by atoms with van der Waals surface area (Å²) in [6.07, 6.45) is 2.57. The van der Waals surface area contributed by atoms with Crippen LogP contribution in [0, 0.1) is 0 Å². The van der Waals surface area contributed by atoms with Crippen LogP contribution in [0.3, 0.4) is 0 Å². The highest BCUT2D eigenvalue weighted by Crippen LogP contribution is 2.38. The minimum Gasteiger partial charge on any atom is -0.352 e. The van der Waals surface area contributed by atoms with Crippen molar-refractivity contribution in [2.75, 3.05) is 11.9 Å². The van der Waals surface area contributed by atoms with E-state index in [0.29, 0.717) is 22.0 Å². The molecule has 4 nitrogen and oxygen atoms in total. The lowest BCUT2D eigenvalue weighted by Gasteiger charge is -2.18. The van der Waals surface area contributed by atoms with E-state index in [9.17, 15) is 9.59 Å².